The topological polar surface area (TPSA) is 38.1 Å². The van der Waals surface area contributed by atoms with Crippen molar-refractivity contribution in [1.29, 1.82) is 0 Å². The molecule has 0 aliphatic rings. The van der Waals surface area contributed by atoms with Gasteiger partial charge in [-0.25, -0.2) is 4.39 Å². The maximum Gasteiger partial charge on any atom is 0.147 e. The van der Waals surface area contributed by atoms with Crippen LogP contribution in [0.2, 0.25) is 0 Å². The van der Waals surface area contributed by atoms with Crippen molar-refractivity contribution in [2.45, 2.75) is 0 Å². The molecule has 0 atom stereocenters. The Bertz CT molecular complexity index is 711. The fourth-order valence-electron chi connectivity index (χ4n) is 1.71. The van der Waals surface area contributed by atoms with Gasteiger partial charge in [-0.3, -0.25) is 4.98 Å². The number of hydrogen-bond acceptors (Lipinski definition) is 3. The average molecular weight is 307 g/mol. The smallest absolute Gasteiger partial charge is 0.147 e. The number of fused-ring (bicyclic) bond motifs is 1. The zero-order valence-corrected chi connectivity index (χ0v) is 10.7. The van der Waals surface area contributed by atoms with Gasteiger partial charge < -0.3 is 9.73 Å². The zero-order valence-electron chi connectivity index (χ0n) is 9.15. The lowest BCUT2D eigenvalue weighted by molar-refractivity contribution is 0.616. The molecule has 0 aliphatic carbocycles. The standard InChI is InChI=1S/C13H8BrFN2O/c14-8-1-2-11(10(15)5-8)17-12-7-18-13-3-4-16-6-9(12)13/h1-7,17H. The summed E-state index contributed by atoms with van der Waals surface area (Å²) in [7, 11) is 0. The van der Waals surface area contributed by atoms with E-state index in [4.69, 9.17) is 4.42 Å². The third-order valence-electron chi connectivity index (χ3n) is 2.58. The lowest BCUT2D eigenvalue weighted by Crippen LogP contribution is -1.92. The van der Waals surface area contributed by atoms with Gasteiger partial charge in [0.05, 0.1) is 16.8 Å². The lowest BCUT2D eigenvalue weighted by atomic mass is 10.2. The first-order chi connectivity index (χ1) is 8.74. The van der Waals surface area contributed by atoms with E-state index < -0.39 is 0 Å². The summed E-state index contributed by atoms with van der Waals surface area (Å²) in [5.74, 6) is -0.331. The second-order valence-corrected chi connectivity index (χ2v) is 4.69. The number of pyridine rings is 1. The predicted octanol–water partition coefficient (Wildman–Crippen LogP) is 4.47. The normalized spacial score (nSPS) is 10.8. The predicted molar refractivity (Wildman–Crippen MR) is 71.4 cm³/mol. The Labute approximate surface area is 111 Å². The van der Waals surface area contributed by atoms with Gasteiger partial charge >= 0.3 is 0 Å². The van der Waals surface area contributed by atoms with E-state index >= 15 is 0 Å². The first-order valence-corrected chi connectivity index (χ1v) is 6.06. The second-order valence-electron chi connectivity index (χ2n) is 3.77. The molecule has 0 saturated heterocycles. The van der Waals surface area contributed by atoms with Gasteiger partial charge in [0.2, 0.25) is 0 Å². The summed E-state index contributed by atoms with van der Waals surface area (Å²) in [6.45, 7) is 0. The quantitative estimate of drug-likeness (QED) is 0.759. The highest BCUT2D eigenvalue weighted by molar-refractivity contribution is 9.10. The van der Waals surface area contributed by atoms with Crippen LogP contribution in [0.5, 0.6) is 0 Å². The van der Waals surface area contributed by atoms with Gasteiger partial charge in [0.25, 0.3) is 0 Å². The Morgan fingerprint density at radius 3 is 2.94 bits per heavy atom. The van der Waals surface area contributed by atoms with Gasteiger partial charge in [-0.2, -0.15) is 0 Å². The number of anilines is 2. The van der Waals surface area contributed by atoms with Crippen LogP contribution in [0.4, 0.5) is 15.8 Å². The Morgan fingerprint density at radius 1 is 1.22 bits per heavy atom. The summed E-state index contributed by atoms with van der Waals surface area (Å²) >= 11 is 3.22. The Morgan fingerprint density at radius 2 is 2.11 bits per heavy atom. The Kier molecular flexibility index (Phi) is 2.76. The first kappa shape index (κ1) is 11.2. The van der Waals surface area contributed by atoms with Crippen LogP contribution in [0, 0.1) is 5.82 Å². The molecule has 2 aromatic heterocycles. The van der Waals surface area contributed by atoms with E-state index in [1.54, 1.807) is 36.9 Å². The van der Waals surface area contributed by atoms with Gasteiger partial charge in [-0.1, -0.05) is 15.9 Å². The monoisotopic (exact) mass is 306 g/mol. The highest BCUT2D eigenvalue weighted by atomic mass is 79.9. The Balaban J connectivity index is 2.01. The number of furan rings is 1. The molecule has 1 N–H and O–H groups in total. The van der Waals surface area contributed by atoms with Gasteiger partial charge in [0.1, 0.15) is 17.7 Å². The molecule has 0 unspecified atom stereocenters. The van der Waals surface area contributed by atoms with E-state index in [1.165, 1.54) is 6.07 Å². The third kappa shape index (κ3) is 1.97. The molecule has 5 heteroatoms. The molecule has 1 aromatic carbocycles. The number of rotatable bonds is 2. The third-order valence-corrected chi connectivity index (χ3v) is 3.07. The first-order valence-electron chi connectivity index (χ1n) is 5.27. The van der Waals surface area contributed by atoms with Gasteiger partial charge in [-0.15, -0.1) is 0 Å². The molecule has 3 aromatic rings. The molecular weight excluding hydrogens is 299 g/mol. The van der Waals surface area contributed by atoms with Crippen molar-refractivity contribution in [3.63, 3.8) is 0 Å². The largest absolute Gasteiger partial charge is 0.462 e. The maximum atomic E-state index is 13.7. The molecule has 90 valence electrons. The molecule has 18 heavy (non-hydrogen) atoms. The van der Waals surface area contributed by atoms with E-state index in [-0.39, 0.29) is 5.82 Å². The molecule has 0 bridgehead atoms. The van der Waals surface area contributed by atoms with Crippen molar-refractivity contribution in [3.05, 3.63) is 53.2 Å². The molecule has 0 radical (unpaired) electrons. The van der Waals surface area contributed by atoms with Crippen LogP contribution in [0.15, 0.2) is 51.8 Å². The summed E-state index contributed by atoms with van der Waals surface area (Å²) in [5, 5.41) is 3.81. The summed E-state index contributed by atoms with van der Waals surface area (Å²) in [6, 6.07) is 6.60. The van der Waals surface area contributed by atoms with Gasteiger partial charge in [0, 0.05) is 16.9 Å². The van der Waals surface area contributed by atoms with E-state index in [0.29, 0.717) is 21.4 Å². The summed E-state index contributed by atoms with van der Waals surface area (Å²) in [4.78, 5) is 4.02. The number of halogens is 2. The van der Waals surface area contributed by atoms with Crippen molar-refractivity contribution < 1.29 is 8.81 Å². The second kappa shape index (κ2) is 4.42. The van der Waals surface area contributed by atoms with Crippen LogP contribution in [0.25, 0.3) is 11.0 Å². The van der Waals surface area contributed by atoms with Crippen molar-refractivity contribution in [2.75, 3.05) is 5.32 Å². The van der Waals surface area contributed by atoms with Crippen LogP contribution in [-0.2, 0) is 0 Å². The van der Waals surface area contributed by atoms with E-state index in [0.717, 1.165) is 5.39 Å². The highest BCUT2D eigenvalue weighted by Crippen LogP contribution is 2.29. The number of nitrogens with zero attached hydrogens (tertiary/aromatic N) is 1. The summed E-state index contributed by atoms with van der Waals surface area (Å²) in [5.41, 5.74) is 1.80. The zero-order chi connectivity index (χ0) is 12.5. The minimum Gasteiger partial charge on any atom is -0.462 e. The van der Waals surface area contributed by atoms with E-state index in [9.17, 15) is 4.39 Å². The van der Waals surface area contributed by atoms with Crippen molar-refractivity contribution in [3.8, 4) is 0 Å². The van der Waals surface area contributed by atoms with Gasteiger partial charge in [0.15, 0.2) is 0 Å². The number of aromatic nitrogens is 1. The molecule has 0 fully saturated rings. The number of benzene rings is 1. The molecule has 0 saturated carbocycles. The summed E-state index contributed by atoms with van der Waals surface area (Å²) in [6.07, 6.45) is 4.88. The highest BCUT2D eigenvalue weighted by Gasteiger charge is 2.08. The SMILES string of the molecule is Fc1cc(Br)ccc1Nc1coc2ccncc12. The maximum absolute atomic E-state index is 13.7. The van der Waals surface area contributed by atoms with Crippen LogP contribution in [0.1, 0.15) is 0 Å². The number of hydrogen-bond donors (Lipinski definition) is 1. The molecule has 0 amide bonds. The van der Waals surface area contributed by atoms with E-state index in [2.05, 4.69) is 26.2 Å². The van der Waals surface area contributed by atoms with Crippen LogP contribution in [-0.4, -0.2) is 4.98 Å². The lowest BCUT2D eigenvalue weighted by Gasteiger charge is -2.05. The average Bonchev–Trinajstić information content (AvgIpc) is 2.76. The molecule has 3 rings (SSSR count). The molecule has 3 nitrogen and oxygen atoms in total. The van der Waals surface area contributed by atoms with Crippen molar-refractivity contribution in [2.24, 2.45) is 0 Å². The van der Waals surface area contributed by atoms with Crippen molar-refractivity contribution in [1.82, 2.24) is 4.98 Å². The Hall–Kier alpha value is -1.88. The minimum absolute atomic E-state index is 0.331. The van der Waals surface area contributed by atoms with Crippen LogP contribution in [0.3, 0.4) is 0 Å². The number of nitrogens with one attached hydrogen (secondary N) is 1. The van der Waals surface area contributed by atoms with E-state index in [1.807, 2.05) is 0 Å². The minimum atomic E-state index is -0.331. The van der Waals surface area contributed by atoms with Gasteiger partial charge in [-0.05, 0) is 24.3 Å². The summed E-state index contributed by atoms with van der Waals surface area (Å²) < 4.78 is 19.8. The van der Waals surface area contributed by atoms with Crippen molar-refractivity contribution >= 4 is 38.3 Å². The fraction of sp³-hybridized carbons (Fsp3) is 0. The molecule has 2 heterocycles. The molecule has 0 spiro atoms. The fourth-order valence-corrected chi connectivity index (χ4v) is 2.04. The van der Waals surface area contributed by atoms with Crippen LogP contribution < -0.4 is 5.32 Å². The molecule has 0 aliphatic heterocycles. The van der Waals surface area contributed by atoms with Crippen LogP contribution >= 0.6 is 15.9 Å². The molecular formula is C13H8BrFN2O.